The first-order chi connectivity index (χ1) is 9.57. The summed E-state index contributed by atoms with van der Waals surface area (Å²) in [6, 6.07) is 6.04. The third-order valence-electron chi connectivity index (χ3n) is 3.60. The predicted octanol–water partition coefficient (Wildman–Crippen LogP) is 2.47. The Balaban J connectivity index is 0.00000161. The first kappa shape index (κ1) is 16.2. The van der Waals surface area contributed by atoms with Gasteiger partial charge in [0.1, 0.15) is 5.54 Å². The molecule has 1 aliphatic heterocycles. The number of carbonyl (C=O) groups is 1. The number of amides is 1. The molecule has 0 spiro atoms. The number of benzene rings is 1. The van der Waals surface area contributed by atoms with E-state index in [2.05, 4.69) is 16.4 Å². The fourth-order valence-electron chi connectivity index (χ4n) is 2.27. The van der Waals surface area contributed by atoms with Gasteiger partial charge in [0.25, 0.3) is 0 Å². The van der Waals surface area contributed by atoms with Crippen LogP contribution in [-0.2, 0) is 9.53 Å². The van der Waals surface area contributed by atoms with Crippen molar-refractivity contribution < 1.29 is 9.53 Å². The summed E-state index contributed by atoms with van der Waals surface area (Å²) in [4.78, 5) is 16.7. The molecular weight excluding hydrogens is 310 g/mol. The van der Waals surface area contributed by atoms with E-state index in [-0.39, 0.29) is 18.3 Å². The number of thiazole rings is 1. The number of aryl methyl sites for hydroxylation is 1. The largest absolute Gasteiger partial charge is 0.381 e. The van der Waals surface area contributed by atoms with Crippen molar-refractivity contribution in [2.24, 2.45) is 5.73 Å². The number of nitrogens with two attached hydrogens (primary N) is 1. The Kier molecular flexibility index (Phi) is 4.83. The molecule has 2 heterocycles. The van der Waals surface area contributed by atoms with E-state index in [1.165, 1.54) is 16.9 Å². The molecule has 1 fully saturated rings. The van der Waals surface area contributed by atoms with Gasteiger partial charge in [-0.25, -0.2) is 4.98 Å². The average molecular weight is 328 g/mol. The predicted molar refractivity (Wildman–Crippen MR) is 87.2 cm³/mol. The molecule has 21 heavy (non-hydrogen) atoms. The van der Waals surface area contributed by atoms with Gasteiger partial charge in [0.15, 0.2) is 5.13 Å². The quantitative estimate of drug-likeness (QED) is 0.888. The maximum atomic E-state index is 12.3. The highest BCUT2D eigenvalue weighted by molar-refractivity contribution is 7.22. The zero-order chi connectivity index (χ0) is 14.2. The smallest absolute Gasteiger partial charge is 0.246 e. The molecular formula is C14H18ClN3O2S. The van der Waals surface area contributed by atoms with Gasteiger partial charge >= 0.3 is 0 Å². The number of hydrogen-bond donors (Lipinski definition) is 2. The molecule has 0 bridgehead atoms. The molecule has 5 nitrogen and oxygen atoms in total. The van der Waals surface area contributed by atoms with Crippen molar-refractivity contribution in [3.63, 3.8) is 0 Å². The van der Waals surface area contributed by atoms with E-state index in [1.54, 1.807) is 0 Å². The third-order valence-corrected chi connectivity index (χ3v) is 4.54. The molecule has 1 saturated heterocycles. The van der Waals surface area contributed by atoms with Crippen LogP contribution in [0.5, 0.6) is 0 Å². The number of carbonyl (C=O) groups excluding carboxylic acids is 1. The molecule has 3 rings (SSSR count). The van der Waals surface area contributed by atoms with Crippen LogP contribution < -0.4 is 11.1 Å². The van der Waals surface area contributed by atoms with Crippen LogP contribution in [0.4, 0.5) is 5.13 Å². The molecule has 7 heteroatoms. The summed E-state index contributed by atoms with van der Waals surface area (Å²) in [5.74, 6) is -0.170. The van der Waals surface area contributed by atoms with Crippen LogP contribution in [0.25, 0.3) is 10.2 Å². The topological polar surface area (TPSA) is 77.2 Å². The van der Waals surface area contributed by atoms with Gasteiger partial charge in [0.05, 0.1) is 10.2 Å². The number of fused-ring (bicyclic) bond motifs is 1. The molecule has 1 amide bonds. The van der Waals surface area contributed by atoms with E-state index in [4.69, 9.17) is 10.5 Å². The number of anilines is 1. The van der Waals surface area contributed by atoms with Crippen molar-refractivity contribution >= 4 is 45.0 Å². The van der Waals surface area contributed by atoms with Crippen LogP contribution in [0.1, 0.15) is 18.4 Å². The Morgan fingerprint density at radius 3 is 2.86 bits per heavy atom. The highest BCUT2D eigenvalue weighted by Crippen LogP contribution is 2.28. The third kappa shape index (κ3) is 3.35. The number of nitrogens with zero attached hydrogens (tertiary/aromatic N) is 1. The van der Waals surface area contributed by atoms with Crippen molar-refractivity contribution in [3.05, 3.63) is 23.8 Å². The molecule has 3 N–H and O–H groups in total. The Morgan fingerprint density at radius 2 is 2.14 bits per heavy atom. The maximum Gasteiger partial charge on any atom is 0.246 e. The second-order valence-corrected chi connectivity index (χ2v) is 6.24. The zero-order valence-corrected chi connectivity index (χ0v) is 13.4. The number of halogens is 1. The lowest BCUT2D eigenvalue weighted by molar-refractivity contribution is -0.124. The Hall–Kier alpha value is -1.21. The van der Waals surface area contributed by atoms with Gasteiger partial charge < -0.3 is 15.8 Å². The van der Waals surface area contributed by atoms with Crippen molar-refractivity contribution in [2.45, 2.75) is 25.3 Å². The van der Waals surface area contributed by atoms with Crippen LogP contribution in [0.15, 0.2) is 18.2 Å². The van der Waals surface area contributed by atoms with Crippen molar-refractivity contribution in [1.82, 2.24) is 4.98 Å². The van der Waals surface area contributed by atoms with Crippen LogP contribution >= 0.6 is 23.7 Å². The Labute approximate surface area is 133 Å². The number of nitrogens with one attached hydrogen (secondary N) is 1. The highest BCUT2D eigenvalue weighted by Gasteiger charge is 2.36. The summed E-state index contributed by atoms with van der Waals surface area (Å²) in [5.41, 5.74) is 7.39. The van der Waals surface area contributed by atoms with Gasteiger partial charge in [-0.1, -0.05) is 17.4 Å². The maximum absolute atomic E-state index is 12.3. The van der Waals surface area contributed by atoms with Gasteiger partial charge in [-0.2, -0.15) is 0 Å². The molecule has 0 radical (unpaired) electrons. The van der Waals surface area contributed by atoms with Crippen LogP contribution in [-0.4, -0.2) is 29.6 Å². The molecule has 2 aromatic rings. The van der Waals surface area contributed by atoms with E-state index in [9.17, 15) is 4.79 Å². The minimum Gasteiger partial charge on any atom is -0.381 e. The fraction of sp³-hybridized carbons (Fsp3) is 0.429. The second-order valence-electron chi connectivity index (χ2n) is 5.21. The normalized spacial score (nSPS) is 17.2. The minimum absolute atomic E-state index is 0. The lowest BCUT2D eigenvalue weighted by Crippen LogP contribution is -2.54. The molecule has 0 atom stereocenters. The van der Waals surface area contributed by atoms with Gasteiger partial charge in [0.2, 0.25) is 5.91 Å². The Morgan fingerprint density at radius 1 is 1.43 bits per heavy atom. The number of rotatable bonds is 2. The van der Waals surface area contributed by atoms with Gasteiger partial charge in [0, 0.05) is 13.2 Å². The first-order valence-corrected chi connectivity index (χ1v) is 7.44. The molecule has 1 aliphatic rings. The summed E-state index contributed by atoms with van der Waals surface area (Å²) < 4.78 is 6.32. The average Bonchev–Trinajstić information content (AvgIpc) is 2.81. The monoisotopic (exact) mass is 327 g/mol. The van der Waals surface area contributed by atoms with Crippen molar-refractivity contribution in [2.75, 3.05) is 18.5 Å². The van der Waals surface area contributed by atoms with Crippen LogP contribution in [0, 0.1) is 6.92 Å². The van der Waals surface area contributed by atoms with Crippen molar-refractivity contribution in [3.8, 4) is 0 Å². The van der Waals surface area contributed by atoms with Crippen molar-refractivity contribution in [1.29, 1.82) is 0 Å². The molecule has 0 aliphatic carbocycles. The standard InChI is InChI=1S/C14H17N3O2S.ClH/c1-9-2-3-10-11(8-9)20-13(16-10)17-12(18)14(15)4-6-19-7-5-14;/h2-3,8H,4-7,15H2,1H3,(H,16,17,18);1H. The fourth-order valence-corrected chi connectivity index (χ4v) is 3.23. The Bertz CT molecular complexity index is 653. The second kappa shape index (κ2) is 6.27. The number of aromatic nitrogens is 1. The summed E-state index contributed by atoms with van der Waals surface area (Å²) in [7, 11) is 0. The molecule has 1 aromatic carbocycles. The number of hydrogen-bond acceptors (Lipinski definition) is 5. The molecule has 1 aromatic heterocycles. The van der Waals surface area contributed by atoms with E-state index in [0.717, 1.165) is 10.2 Å². The van der Waals surface area contributed by atoms with E-state index < -0.39 is 5.54 Å². The zero-order valence-electron chi connectivity index (χ0n) is 11.7. The summed E-state index contributed by atoms with van der Waals surface area (Å²) in [5, 5.41) is 3.45. The SMILES string of the molecule is Cc1ccc2nc(NC(=O)C3(N)CCOCC3)sc2c1.Cl. The molecule has 0 saturated carbocycles. The summed E-state index contributed by atoms with van der Waals surface area (Å²) in [6.45, 7) is 3.10. The van der Waals surface area contributed by atoms with Crippen LogP contribution in [0.2, 0.25) is 0 Å². The summed E-state index contributed by atoms with van der Waals surface area (Å²) in [6.07, 6.45) is 1.09. The molecule has 0 unspecified atom stereocenters. The minimum atomic E-state index is -0.841. The summed E-state index contributed by atoms with van der Waals surface area (Å²) >= 11 is 1.47. The number of ether oxygens (including phenoxy) is 1. The lowest BCUT2D eigenvalue weighted by Gasteiger charge is -2.31. The molecule has 114 valence electrons. The van der Waals surface area contributed by atoms with Gasteiger partial charge in [-0.05, 0) is 37.5 Å². The van der Waals surface area contributed by atoms with E-state index >= 15 is 0 Å². The van der Waals surface area contributed by atoms with Gasteiger partial charge in [-0.15, -0.1) is 12.4 Å². The van der Waals surface area contributed by atoms with E-state index in [0.29, 0.717) is 31.2 Å². The lowest BCUT2D eigenvalue weighted by atomic mass is 9.90. The highest BCUT2D eigenvalue weighted by atomic mass is 35.5. The van der Waals surface area contributed by atoms with Crippen LogP contribution in [0.3, 0.4) is 0 Å². The van der Waals surface area contributed by atoms with Gasteiger partial charge in [-0.3, -0.25) is 4.79 Å². The van der Waals surface area contributed by atoms with E-state index in [1.807, 2.05) is 19.1 Å². The first-order valence-electron chi connectivity index (χ1n) is 6.62.